The lowest BCUT2D eigenvalue weighted by Crippen LogP contribution is -2.09. The fraction of sp³-hybridized carbons (Fsp3) is 0.158. The molecule has 0 unspecified atom stereocenters. The molecule has 0 aliphatic rings. The zero-order valence-corrected chi connectivity index (χ0v) is 15.0. The number of hydrogen-bond donors (Lipinski definition) is 1. The number of halogens is 3. The van der Waals surface area contributed by atoms with Crippen molar-refractivity contribution in [2.75, 3.05) is 0 Å². The van der Waals surface area contributed by atoms with Gasteiger partial charge in [0.25, 0.3) is 0 Å². The summed E-state index contributed by atoms with van der Waals surface area (Å²) in [5, 5.41) is 1.55. The van der Waals surface area contributed by atoms with Gasteiger partial charge in [0.2, 0.25) is 0 Å². The maximum absolute atomic E-state index is 13.1. The van der Waals surface area contributed by atoms with Gasteiger partial charge in [-0.05, 0) is 35.7 Å². The van der Waals surface area contributed by atoms with E-state index in [1.54, 1.807) is 12.4 Å². The Bertz CT molecular complexity index is 1100. The number of aromatic nitrogens is 4. The fourth-order valence-electron chi connectivity index (χ4n) is 2.88. The van der Waals surface area contributed by atoms with Gasteiger partial charge < -0.3 is 4.98 Å². The van der Waals surface area contributed by atoms with Crippen molar-refractivity contribution in [2.24, 2.45) is 0 Å². The van der Waals surface area contributed by atoms with Crippen molar-refractivity contribution in [3.63, 3.8) is 0 Å². The van der Waals surface area contributed by atoms with Crippen molar-refractivity contribution < 1.29 is 13.2 Å². The lowest BCUT2D eigenvalue weighted by atomic mass is 10.1. The average molecular weight is 387 g/mol. The summed E-state index contributed by atoms with van der Waals surface area (Å²) >= 11 is 1.36. The minimum Gasteiger partial charge on any atom is -0.346 e. The molecule has 1 radical (unpaired) electrons. The zero-order chi connectivity index (χ0) is 19.0. The molecule has 0 bridgehead atoms. The highest BCUT2D eigenvalue weighted by molar-refractivity contribution is 7.11. The minimum atomic E-state index is -4.43. The molecule has 0 saturated carbocycles. The highest BCUT2D eigenvalue weighted by Crippen LogP contribution is 2.33. The van der Waals surface area contributed by atoms with Gasteiger partial charge in [0.15, 0.2) is 0 Å². The van der Waals surface area contributed by atoms with Crippen LogP contribution in [0.15, 0.2) is 43.1 Å². The number of nitrogens with one attached hydrogen (secondary N) is 1. The second-order valence-electron chi connectivity index (χ2n) is 6.17. The van der Waals surface area contributed by atoms with Gasteiger partial charge in [-0.2, -0.15) is 13.2 Å². The van der Waals surface area contributed by atoms with Crippen molar-refractivity contribution in [3.05, 3.63) is 81.7 Å². The molecule has 0 aliphatic carbocycles. The SMILES string of the molecule is Cc1cnc2[nH]cc(Cc3cnc([CH]c4cnccc4C(F)(F)F)s3)c2c1. The number of aromatic amines is 1. The van der Waals surface area contributed by atoms with E-state index in [0.29, 0.717) is 11.4 Å². The molecule has 0 fully saturated rings. The number of H-pyrrole nitrogens is 1. The van der Waals surface area contributed by atoms with Crippen LogP contribution in [-0.2, 0) is 12.6 Å². The van der Waals surface area contributed by atoms with E-state index in [4.69, 9.17) is 0 Å². The second-order valence-corrected chi connectivity index (χ2v) is 7.32. The van der Waals surface area contributed by atoms with E-state index in [9.17, 15) is 13.2 Å². The number of aryl methyl sites for hydroxylation is 1. The van der Waals surface area contributed by atoms with Gasteiger partial charge in [-0.25, -0.2) is 9.97 Å². The van der Waals surface area contributed by atoms with Gasteiger partial charge >= 0.3 is 6.18 Å². The average Bonchev–Trinajstić information content (AvgIpc) is 3.22. The van der Waals surface area contributed by atoms with Crippen LogP contribution in [0.1, 0.15) is 32.1 Å². The Balaban J connectivity index is 1.57. The Morgan fingerprint density at radius 2 is 2.04 bits per heavy atom. The monoisotopic (exact) mass is 387 g/mol. The van der Waals surface area contributed by atoms with Crippen LogP contribution in [0.5, 0.6) is 0 Å². The number of alkyl halides is 3. The minimum absolute atomic E-state index is 0.0119. The van der Waals surface area contributed by atoms with E-state index in [2.05, 4.69) is 26.0 Å². The fourth-order valence-corrected chi connectivity index (χ4v) is 3.77. The molecule has 0 atom stereocenters. The molecule has 4 heterocycles. The maximum Gasteiger partial charge on any atom is 0.416 e. The highest BCUT2D eigenvalue weighted by Gasteiger charge is 2.33. The molecule has 0 spiro atoms. The number of thiazole rings is 1. The first-order valence-electron chi connectivity index (χ1n) is 8.13. The molecular weight excluding hydrogens is 373 g/mol. The molecular formula is C19H14F3N4S. The van der Waals surface area contributed by atoms with Gasteiger partial charge in [0.05, 0.1) is 12.0 Å². The lowest BCUT2D eigenvalue weighted by molar-refractivity contribution is -0.138. The molecule has 4 rings (SSSR count). The van der Waals surface area contributed by atoms with Crippen molar-refractivity contribution >= 4 is 22.4 Å². The van der Waals surface area contributed by atoms with Crippen LogP contribution < -0.4 is 0 Å². The summed E-state index contributed by atoms with van der Waals surface area (Å²) in [5.74, 6) is 0. The molecule has 1 N–H and O–H groups in total. The molecule has 4 nitrogen and oxygen atoms in total. The summed E-state index contributed by atoms with van der Waals surface area (Å²) in [6.07, 6.45) is 5.38. The van der Waals surface area contributed by atoms with E-state index < -0.39 is 11.7 Å². The molecule has 4 aromatic rings. The van der Waals surface area contributed by atoms with Crippen molar-refractivity contribution in [1.29, 1.82) is 0 Å². The number of hydrogen-bond acceptors (Lipinski definition) is 4. The van der Waals surface area contributed by atoms with Crippen molar-refractivity contribution in [1.82, 2.24) is 19.9 Å². The van der Waals surface area contributed by atoms with Crippen LogP contribution >= 0.6 is 11.3 Å². The van der Waals surface area contributed by atoms with Crippen molar-refractivity contribution in [2.45, 2.75) is 19.5 Å². The van der Waals surface area contributed by atoms with Crippen LogP contribution in [0.4, 0.5) is 13.2 Å². The molecule has 27 heavy (non-hydrogen) atoms. The van der Waals surface area contributed by atoms with E-state index in [-0.39, 0.29) is 5.56 Å². The third-order valence-electron chi connectivity index (χ3n) is 4.13. The molecule has 0 aliphatic heterocycles. The molecule has 137 valence electrons. The largest absolute Gasteiger partial charge is 0.416 e. The van der Waals surface area contributed by atoms with Crippen LogP contribution in [0.25, 0.3) is 11.0 Å². The molecule has 0 saturated heterocycles. The molecule has 8 heteroatoms. The molecule has 0 aromatic carbocycles. The maximum atomic E-state index is 13.1. The summed E-state index contributed by atoms with van der Waals surface area (Å²) in [7, 11) is 0. The van der Waals surface area contributed by atoms with Gasteiger partial charge in [-0.1, -0.05) is 0 Å². The summed E-state index contributed by atoms with van der Waals surface area (Å²) < 4.78 is 39.3. The normalized spacial score (nSPS) is 12.0. The first-order valence-corrected chi connectivity index (χ1v) is 8.95. The smallest absolute Gasteiger partial charge is 0.346 e. The van der Waals surface area contributed by atoms with Crippen LogP contribution in [0, 0.1) is 13.3 Å². The number of rotatable bonds is 4. The molecule has 4 aromatic heterocycles. The zero-order valence-electron chi connectivity index (χ0n) is 14.2. The van der Waals surface area contributed by atoms with Gasteiger partial charge in [-0.15, -0.1) is 11.3 Å². The van der Waals surface area contributed by atoms with Crippen molar-refractivity contribution in [3.8, 4) is 0 Å². The third kappa shape index (κ3) is 3.71. The van der Waals surface area contributed by atoms with Crippen LogP contribution in [-0.4, -0.2) is 19.9 Å². The Hall–Kier alpha value is -2.74. The van der Waals surface area contributed by atoms with E-state index in [0.717, 1.165) is 39.3 Å². The number of nitrogens with zero attached hydrogens (tertiary/aromatic N) is 3. The predicted octanol–water partition coefficient (Wildman–Crippen LogP) is 4.93. The topological polar surface area (TPSA) is 54.5 Å². The Kier molecular flexibility index (Phi) is 4.43. The third-order valence-corrected chi connectivity index (χ3v) is 5.07. The summed E-state index contributed by atoms with van der Waals surface area (Å²) in [6.45, 7) is 1.98. The van der Waals surface area contributed by atoms with Crippen LogP contribution in [0.2, 0.25) is 0 Å². The first kappa shape index (κ1) is 17.7. The predicted molar refractivity (Wildman–Crippen MR) is 97.5 cm³/mol. The summed E-state index contributed by atoms with van der Waals surface area (Å²) in [5.41, 5.74) is 2.26. The Morgan fingerprint density at radius 1 is 1.19 bits per heavy atom. The molecule has 0 amide bonds. The Labute approximate surface area is 157 Å². The van der Waals surface area contributed by atoms with E-state index >= 15 is 0 Å². The van der Waals surface area contributed by atoms with Gasteiger partial charge in [-0.3, -0.25) is 4.98 Å². The second kappa shape index (κ2) is 6.77. The van der Waals surface area contributed by atoms with Gasteiger partial charge in [0, 0.05) is 47.7 Å². The summed E-state index contributed by atoms with van der Waals surface area (Å²) in [6, 6.07) is 3.04. The number of fused-ring (bicyclic) bond motifs is 1. The highest BCUT2D eigenvalue weighted by atomic mass is 32.1. The summed E-state index contributed by atoms with van der Waals surface area (Å²) in [4.78, 5) is 16.5. The first-order chi connectivity index (χ1) is 12.9. The number of pyridine rings is 2. The van der Waals surface area contributed by atoms with Gasteiger partial charge in [0.1, 0.15) is 10.7 Å². The quantitative estimate of drug-likeness (QED) is 0.540. The lowest BCUT2D eigenvalue weighted by Gasteiger charge is -2.10. The Morgan fingerprint density at radius 3 is 2.85 bits per heavy atom. The van der Waals surface area contributed by atoms with E-state index in [1.165, 1.54) is 24.0 Å². The van der Waals surface area contributed by atoms with E-state index in [1.807, 2.05) is 13.1 Å². The standard InChI is InChI=1S/C19H14F3N4S/c1-11-4-15-12(9-26-18(15)25-7-11)5-14-10-24-17(27-14)6-13-8-23-3-2-16(13)19(20,21)22/h2-4,6-10H,5H2,1H3,(H,25,26). The van der Waals surface area contributed by atoms with Crippen LogP contribution in [0.3, 0.4) is 0 Å².